The highest BCUT2D eigenvalue weighted by Gasteiger charge is 2.28. The van der Waals surface area contributed by atoms with E-state index in [2.05, 4.69) is 122 Å². The Morgan fingerprint density at radius 2 is 0.891 bits per heavy atom. The van der Waals surface area contributed by atoms with Gasteiger partial charge in [0, 0.05) is 12.8 Å². The van der Waals surface area contributed by atoms with Crippen LogP contribution >= 0.6 is 7.82 Å². The molecular formula is C52H84NO10P. The normalized spacial score (nSPS) is 14.6. The van der Waals surface area contributed by atoms with Crippen LogP contribution in [0, 0.1) is 0 Å². The molecule has 0 fully saturated rings. The summed E-state index contributed by atoms with van der Waals surface area (Å²) in [6.45, 7) is 2.59. The third-order valence-corrected chi connectivity index (χ3v) is 10.5. The lowest BCUT2D eigenvalue weighted by Crippen LogP contribution is -2.34. The first-order valence-electron chi connectivity index (χ1n) is 23.9. The molecule has 0 aliphatic rings. The number of carboxylic acid groups (broad SMARTS) is 1. The van der Waals surface area contributed by atoms with Gasteiger partial charge in [0.05, 0.1) is 13.2 Å². The van der Waals surface area contributed by atoms with Crippen molar-refractivity contribution in [1.82, 2.24) is 0 Å². The van der Waals surface area contributed by atoms with Gasteiger partial charge in [-0.2, -0.15) is 0 Å². The molecule has 0 aromatic heterocycles. The summed E-state index contributed by atoms with van der Waals surface area (Å²) in [5.74, 6) is -2.51. The Bertz CT molecular complexity index is 1490. The maximum atomic E-state index is 12.7. The van der Waals surface area contributed by atoms with Gasteiger partial charge in [-0.25, -0.2) is 4.57 Å². The third kappa shape index (κ3) is 44.7. The molecule has 0 radical (unpaired) electrons. The minimum Gasteiger partial charge on any atom is -0.480 e. The zero-order valence-electron chi connectivity index (χ0n) is 39.3. The Morgan fingerprint density at radius 1 is 0.500 bits per heavy atom. The molecule has 0 amide bonds. The van der Waals surface area contributed by atoms with Crippen molar-refractivity contribution >= 4 is 25.7 Å². The number of allylic oxidation sites excluding steroid dienone is 18. The van der Waals surface area contributed by atoms with Gasteiger partial charge in [0.2, 0.25) is 0 Å². The highest BCUT2D eigenvalue weighted by molar-refractivity contribution is 7.47. The van der Waals surface area contributed by atoms with E-state index in [-0.39, 0.29) is 12.8 Å². The molecule has 0 aromatic carbocycles. The van der Waals surface area contributed by atoms with Crippen molar-refractivity contribution in [3.8, 4) is 0 Å². The van der Waals surface area contributed by atoms with Crippen molar-refractivity contribution in [2.75, 3.05) is 19.8 Å². The molecule has 0 saturated heterocycles. The van der Waals surface area contributed by atoms with Gasteiger partial charge in [-0.05, 0) is 96.3 Å². The molecule has 4 N–H and O–H groups in total. The summed E-state index contributed by atoms with van der Waals surface area (Å²) in [7, 11) is -4.75. The van der Waals surface area contributed by atoms with Gasteiger partial charge in [0.1, 0.15) is 12.6 Å². The molecule has 0 bridgehead atoms. The van der Waals surface area contributed by atoms with E-state index in [4.69, 9.17) is 24.8 Å². The topological polar surface area (TPSA) is 172 Å². The van der Waals surface area contributed by atoms with Crippen molar-refractivity contribution < 1.29 is 47.5 Å². The fourth-order valence-electron chi connectivity index (χ4n) is 5.79. The van der Waals surface area contributed by atoms with E-state index in [0.717, 1.165) is 70.6 Å². The SMILES string of the molecule is CC/C=C/C/C=C/C/C=C/C/C=C/C/C=C/CCCCCC(=O)O[C@H](COC(=O)CCC/C=C/C/C=C/C/C=C/C/C=C/CCCCCCCCC)COP(=O)(O)OC[C@H](N)C(=O)O. The molecule has 0 heterocycles. The minimum atomic E-state index is -4.75. The third-order valence-electron chi connectivity index (χ3n) is 9.50. The van der Waals surface area contributed by atoms with Crippen molar-refractivity contribution in [2.45, 2.75) is 180 Å². The zero-order valence-corrected chi connectivity index (χ0v) is 40.2. The number of phosphoric ester groups is 1. The van der Waals surface area contributed by atoms with Gasteiger partial charge >= 0.3 is 25.7 Å². The van der Waals surface area contributed by atoms with E-state index in [9.17, 15) is 23.8 Å². The first-order valence-corrected chi connectivity index (χ1v) is 25.4. The molecule has 0 aliphatic heterocycles. The fourth-order valence-corrected chi connectivity index (χ4v) is 6.57. The Morgan fingerprint density at radius 3 is 1.36 bits per heavy atom. The Labute approximate surface area is 387 Å². The van der Waals surface area contributed by atoms with Crippen LogP contribution in [-0.4, -0.2) is 59.9 Å². The highest BCUT2D eigenvalue weighted by Crippen LogP contribution is 2.43. The fraction of sp³-hybridized carbons (Fsp3) is 0.596. The van der Waals surface area contributed by atoms with Gasteiger partial charge in [0.15, 0.2) is 6.10 Å². The number of carbonyl (C=O) groups excluding carboxylic acids is 2. The molecule has 0 saturated carbocycles. The van der Waals surface area contributed by atoms with E-state index in [0.29, 0.717) is 19.3 Å². The quantitative estimate of drug-likeness (QED) is 0.0230. The molecule has 362 valence electrons. The molecule has 11 nitrogen and oxygen atoms in total. The summed E-state index contributed by atoms with van der Waals surface area (Å²) in [4.78, 5) is 46.1. The number of rotatable bonds is 43. The second-order valence-corrected chi connectivity index (χ2v) is 17.0. The predicted octanol–water partition coefficient (Wildman–Crippen LogP) is 13.4. The summed E-state index contributed by atoms with van der Waals surface area (Å²) in [5, 5.41) is 8.91. The van der Waals surface area contributed by atoms with E-state index >= 15 is 0 Å². The molecule has 64 heavy (non-hydrogen) atoms. The average molecular weight is 914 g/mol. The van der Waals surface area contributed by atoms with Crippen molar-refractivity contribution in [2.24, 2.45) is 5.73 Å². The van der Waals surface area contributed by atoms with E-state index in [1.165, 1.54) is 51.4 Å². The number of phosphoric acid groups is 1. The van der Waals surface area contributed by atoms with Crippen LogP contribution in [0.15, 0.2) is 109 Å². The van der Waals surface area contributed by atoms with Crippen molar-refractivity contribution in [1.29, 1.82) is 0 Å². The molecule has 3 atom stereocenters. The van der Waals surface area contributed by atoms with Crippen LogP contribution in [0.1, 0.15) is 168 Å². The molecule has 0 aliphatic carbocycles. The highest BCUT2D eigenvalue weighted by atomic mass is 31.2. The maximum absolute atomic E-state index is 12.7. The van der Waals surface area contributed by atoms with Crippen LogP contribution in [0.2, 0.25) is 0 Å². The zero-order chi connectivity index (χ0) is 47.0. The van der Waals surface area contributed by atoms with Gasteiger partial charge in [-0.15, -0.1) is 0 Å². The van der Waals surface area contributed by atoms with Gasteiger partial charge in [-0.3, -0.25) is 23.4 Å². The van der Waals surface area contributed by atoms with Gasteiger partial charge < -0.3 is 25.2 Å². The Kier molecular flexibility index (Phi) is 42.9. The summed E-state index contributed by atoms with van der Waals surface area (Å²) in [6.07, 6.45) is 60.2. The predicted molar refractivity (Wildman–Crippen MR) is 263 cm³/mol. The van der Waals surface area contributed by atoms with Crippen LogP contribution < -0.4 is 5.73 Å². The van der Waals surface area contributed by atoms with Crippen LogP contribution in [0.25, 0.3) is 0 Å². The van der Waals surface area contributed by atoms with Crippen LogP contribution in [0.5, 0.6) is 0 Å². The van der Waals surface area contributed by atoms with Gasteiger partial charge in [0.25, 0.3) is 0 Å². The number of hydrogen-bond acceptors (Lipinski definition) is 9. The standard InChI is InChI=1S/C52H84NO10P/c1-3-5-7-9-11-13-15-17-19-21-23-24-26-27-29-31-33-35-37-39-41-43-50(54)60-45-48(46-61-64(58,59)62-47-49(53)52(56)57)63-51(55)44-42-40-38-36-34-32-30-28-25-22-20-18-16-14-12-10-8-6-4-2/h6,8,12,14,18-21,24-26,28-29,31-32,34-35,37,48-49H,3-5,7,9-11,13,15-17,22-23,27,30,33,36,38-47,53H2,1-2H3,(H,56,57)(H,58,59)/b8-6+,14-12+,20-18+,21-19+,26-24+,28-25+,31-29+,34-32+,37-35+/t48-,49+/m1/s1. The maximum Gasteiger partial charge on any atom is 0.472 e. The second-order valence-electron chi connectivity index (χ2n) is 15.5. The molecular weight excluding hydrogens is 830 g/mol. The summed E-state index contributed by atoms with van der Waals surface area (Å²) >= 11 is 0. The average Bonchev–Trinajstić information content (AvgIpc) is 3.27. The van der Waals surface area contributed by atoms with E-state index in [1.54, 1.807) is 0 Å². The summed E-state index contributed by atoms with van der Waals surface area (Å²) in [5.41, 5.74) is 5.34. The monoisotopic (exact) mass is 914 g/mol. The second kappa shape index (κ2) is 45.7. The van der Waals surface area contributed by atoms with E-state index in [1.807, 2.05) is 6.08 Å². The Balaban J connectivity index is 4.49. The number of aliphatic carboxylic acids is 1. The van der Waals surface area contributed by atoms with Crippen LogP contribution in [-0.2, 0) is 37.5 Å². The number of esters is 2. The number of ether oxygens (including phenoxy) is 2. The Hall–Kier alpha value is -3.86. The molecule has 0 rings (SSSR count). The van der Waals surface area contributed by atoms with Crippen molar-refractivity contribution in [3.63, 3.8) is 0 Å². The molecule has 1 unspecified atom stereocenters. The minimum absolute atomic E-state index is 0.103. The van der Waals surface area contributed by atoms with Crippen LogP contribution in [0.4, 0.5) is 0 Å². The number of nitrogens with two attached hydrogens (primary N) is 1. The van der Waals surface area contributed by atoms with E-state index < -0.39 is 57.7 Å². The lowest BCUT2D eigenvalue weighted by Gasteiger charge is -2.20. The first-order chi connectivity index (χ1) is 31.1. The van der Waals surface area contributed by atoms with Gasteiger partial charge in [-0.1, -0.05) is 168 Å². The summed E-state index contributed by atoms with van der Waals surface area (Å²) < 4.78 is 32.7. The lowest BCUT2D eigenvalue weighted by atomic mass is 10.1. The largest absolute Gasteiger partial charge is 0.480 e. The number of hydrogen-bond donors (Lipinski definition) is 3. The molecule has 0 spiro atoms. The number of carbonyl (C=O) groups is 3. The van der Waals surface area contributed by atoms with Crippen molar-refractivity contribution in [3.05, 3.63) is 109 Å². The molecule has 0 aromatic rings. The number of unbranched alkanes of at least 4 members (excludes halogenated alkanes) is 11. The molecule has 12 heteroatoms. The van der Waals surface area contributed by atoms with Crippen LogP contribution in [0.3, 0.4) is 0 Å². The lowest BCUT2D eigenvalue weighted by molar-refractivity contribution is -0.161. The number of carboxylic acids is 1. The first kappa shape index (κ1) is 60.1. The summed E-state index contributed by atoms with van der Waals surface area (Å²) in [6, 6.07) is -1.54. The smallest absolute Gasteiger partial charge is 0.472 e.